The highest BCUT2D eigenvalue weighted by molar-refractivity contribution is 5.76. The normalized spacial score (nSPS) is 21.9. The highest BCUT2D eigenvalue weighted by Gasteiger charge is 2.34. The van der Waals surface area contributed by atoms with Crippen LogP contribution in [-0.4, -0.2) is 47.1 Å². The topological polar surface area (TPSA) is 69.6 Å². The predicted molar refractivity (Wildman–Crippen MR) is 78.5 cm³/mol. The molecule has 1 rings (SSSR count). The van der Waals surface area contributed by atoms with Gasteiger partial charge in [-0.3, -0.25) is 14.5 Å². The van der Waals surface area contributed by atoms with Crippen molar-refractivity contribution in [3.8, 4) is 0 Å². The van der Waals surface area contributed by atoms with Crippen LogP contribution in [0.5, 0.6) is 0 Å². The van der Waals surface area contributed by atoms with Crippen molar-refractivity contribution < 1.29 is 14.7 Å². The maximum Gasteiger partial charge on any atom is 0.317 e. The number of carbonyl (C=O) groups excluding carboxylic acids is 1. The van der Waals surface area contributed by atoms with E-state index in [1.165, 1.54) is 0 Å². The number of amides is 1. The molecule has 0 saturated heterocycles. The third kappa shape index (κ3) is 5.12. The van der Waals surface area contributed by atoms with E-state index >= 15 is 0 Å². The summed E-state index contributed by atoms with van der Waals surface area (Å²) in [7, 11) is 0. The van der Waals surface area contributed by atoms with E-state index in [9.17, 15) is 9.59 Å². The molecule has 20 heavy (non-hydrogen) atoms. The number of carboxylic acids is 1. The van der Waals surface area contributed by atoms with E-state index in [1.807, 2.05) is 11.8 Å². The summed E-state index contributed by atoms with van der Waals surface area (Å²) in [6.07, 6.45) is 4.44. The number of hydrogen-bond acceptors (Lipinski definition) is 3. The Labute approximate surface area is 121 Å². The summed E-state index contributed by atoms with van der Waals surface area (Å²) < 4.78 is 0. The average molecular weight is 284 g/mol. The zero-order valence-electron chi connectivity index (χ0n) is 12.9. The second-order valence-corrected chi connectivity index (χ2v) is 5.73. The van der Waals surface area contributed by atoms with Crippen LogP contribution in [0.15, 0.2) is 0 Å². The van der Waals surface area contributed by atoms with Crippen molar-refractivity contribution in [3.63, 3.8) is 0 Å². The van der Waals surface area contributed by atoms with Crippen molar-refractivity contribution in [1.82, 2.24) is 10.2 Å². The zero-order chi connectivity index (χ0) is 15.1. The van der Waals surface area contributed by atoms with Crippen LogP contribution >= 0.6 is 0 Å². The van der Waals surface area contributed by atoms with Crippen molar-refractivity contribution in [2.45, 2.75) is 65.0 Å². The molecule has 0 aliphatic heterocycles. The summed E-state index contributed by atoms with van der Waals surface area (Å²) in [6.45, 7) is 7.04. The molecule has 1 amide bonds. The van der Waals surface area contributed by atoms with E-state index in [4.69, 9.17) is 5.11 Å². The Kier molecular flexibility index (Phi) is 6.99. The Hall–Kier alpha value is -1.10. The molecule has 1 saturated carbocycles. The molecule has 0 heterocycles. The second-order valence-electron chi connectivity index (χ2n) is 5.73. The number of likely N-dealkylation sites (N-methyl/N-ethyl adjacent to an activating group) is 1. The smallest absolute Gasteiger partial charge is 0.317 e. The fraction of sp³-hybridized carbons (Fsp3) is 0.867. The maximum atomic E-state index is 11.9. The lowest BCUT2D eigenvalue weighted by Gasteiger charge is -2.42. The van der Waals surface area contributed by atoms with Gasteiger partial charge in [0.05, 0.1) is 6.54 Å². The lowest BCUT2D eigenvalue weighted by Crippen LogP contribution is -2.54. The van der Waals surface area contributed by atoms with Crippen LogP contribution < -0.4 is 5.32 Å². The third-order valence-electron chi connectivity index (χ3n) is 4.37. The third-order valence-corrected chi connectivity index (χ3v) is 4.37. The van der Waals surface area contributed by atoms with Gasteiger partial charge in [0.2, 0.25) is 5.91 Å². The molecule has 0 atom stereocenters. The van der Waals surface area contributed by atoms with Crippen molar-refractivity contribution >= 4 is 11.9 Å². The van der Waals surface area contributed by atoms with Crippen LogP contribution in [0, 0.1) is 5.92 Å². The monoisotopic (exact) mass is 284 g/mol. The number of nitrogens with one attached hydrogen (secondary N) is 1. The van der Waals surface area contributed by atoms with Gasteiger partial charge in [-0.2, -0.15) is 0 Å². The lowest BCUT2D eigenvalue weighted by molar-refractivity contribution is -0.139. The standard InChI is InChI=1S/C15H28N2O3/c1-4-11(5-2)7-14(18)16-12-8-13(9-12)17(6-3)10-15(19)20/h11-13H,4-10H2,1-3H3,(H,16,18)(H,19,20). The van der Waals surface area contributed by atoms with Crippen molar-refractivity contribution in [2.75, 3.05) is 13.1 Å². The molecule has 0 unspecified atom stereocenters. The first-order valence-electron chi connectivity index (χ1n) is 7.75. The first-order valence-corrected chi connectivity index (χ1v) is 7.75. The molecule has 0 aromatic rings. The fourth-order valence-electron chi connectivity index (χ4n) is 2.80. The molecule has 0 aromatic heterocycles. The molecular formula is C15H28N2O3. The molecule has 1 aliphatic carbocycles. The summed E-state index contributed by atoms with van der Waals surface area (Å²) in [5.41, 5.74) is 0. The van der Waals surface area contributed by atoms with Crippen LogP contribution in [0.2, 0.25) is 0 Å². The van der Waals surface area contributed by atoms with Crippen LogP contribution in [0.25, 0.3) is 0 Å². The molecule has 2 N–H and O–H groups in total. The zero-order valence-corrected chi connectivity index (χ0v) is 12.9. The molecule has 0 aromatic carbocycles. The Morgan fingerprint density at radius 2 is 1.85 bits per heavy atom. The molecule has 1 aliphatic rings. The Balaban J connectivity index is 2.27. The Morgan fingerprint density at radius 3 is 2.30 bits per heavy atom. The molecule has 0 spiro atoms. The van der Waals surface area contributed by atoms with E-state index in [-0.39, 0.29) is 18.5 Å². The predicted octanol–water partition coefficient (Wildman–Crippen LogP) is 1.87. The quantitative estimate of drug-likeness (QED) is 0.678. The first kappa shape index (κ1) is 17.0. The lowest BCUT2D eigenvalue weighted by atomic mass is 9.85. The van der Waals surface area contributed by atoms with E-state index < -0.39 is 5.97 Å². The van der Waals surface area contributed by atoms with Crippen LogP contribution in [0.4, 0.5) is 0 Å². The SMILES string of the molecule is CCC(CC)CC(=O)NC1CC(N(CC)CC(=O)O)C1. The minimum Gasteiger partial charge on any atom is -0.480 e. The van der Waals surface area contributed by atoms with Gasteiger partial charge in [0, 0.05) is 18.5 Å². The van der Waals surface area contributed by atoms with E-state index in [2.05, 4.69) is 19.2 Å². The van der Waals surface area contributed by atoms with Gasteiger partial charge in [-0.15, -0.1) is 0 Å². The Morgan fingerprint density at radius 1 is 1.25 bits per heavy atom. The fourth-order valence-corrected chi connectivity index (χ4v) is 2.80. The highest BCUT2D eigenvalue weighted by atomic mass is 16.4. The Bertz CT molecular complexity index is 323. The van der Waals surface area contributed by atoms with Gasteiger partial charge < -0.3 is 10.4 Å². The van der Waals surface area contributed by atoms with Crippen molar-refractivity contribution in [3.05, 3.63) is 0 Å². The average Bonchev–Trinajstić information content (AvgIpc) is 2.37. The number of aliphatic carboxylic acids is 1. The highest BCUT2D eigenvalue weighted by Crippen LogP contribution is 2.26. The molecule has 1 fully saturated rings. The molecular weight excluding hydrogens is 256 g/mol. The number of hydrogen-bond donors (Lipinski definition) is 2. The second kappa shape index (κ2) is 8.25. The van der Waals surface area contributed by atoms with E-state index in [0.717, 1.165) is 32.2 Å². The van der Waals surface area contributed by atoms with E-state index in [1.54, 1.807) is 0 Å². The molecule has 0 radical (unpaired) electrons. The minimum atomic E-state index is -0.784. The first-order chi connectivity index (χ1) is 9.49. The van der Waals surface area contributed by atoms with Gasteiger partial charge in [-0.05, 0) is 25.3 Å². The van der Waals surface area contributed by atoms with Gasteiger partial charge in [-0.25, -0.2) is 0 Å². The number of carbonyl (C=O) groups is 2. The van der Waals surface area contributed by atoms with Crippen molar-refractivity contribution in [2.24, 2.45) is 5.92 Å². The maximum absolute atomic E-state index is 11.9. The summed E-state index contributed by atoms with van der Waals surface area (Å²) in [5.74, 6) is -0.165. The van der Waals surface area contributed by atoms with Gasteiger partial charge in [0.1, 0.15) is 0 Å². The minimum absolute atomic E-state index is 0.0928. The van der Waals surface area contributed by atoms with Crippen LogP contribution in [0.1, 0.15) is 52.9 Å². The number of carboxylic acid groups (broad SMARTS) is 1. The number of nitrogens with zero attached hydrogens (tertiary/aromatic N) is 1. The van der Waals surface area contributed by atoms with E-state index in [0.29, 0.717) is 18.4 Å². The summed E-state index contributed by atoms with van der Waals surface area (Å²) >= 11 is 0. The summed E-state index contributed by atoms with van der Waals surface area (Å²) in [6, 6.07) is 0.527. The van der Waals surface area contributed by atoms with Gasteiger partial charge in [0.25, 0.3) is 0 Å². The summed E-state index contributed by atoms with van der Waals surface area (Å²) in [4.78, 5) is 24.6. The summed E-state index contributed by atoms with van der Waals surface area (Å²) in [5, 5.41) is 11.9. The number of rotatable bonds is 9. The van der Waals surface area contributed by atoms with Gasteiger partial charge in [0.15, 0.2) is 0 Å². The van der Waals surface area contributed by atoms with Crippen LogP contribution in [0.3, 0.4) is 0 Å². The molecule has 5 heteroatoms. The molecule has 116 valence electrons. The largest absolute Gasteiger partial charge is 0.480 e. The van der Waals surface area contributed by atoms with Crippen molar-refractivity contribution in [1.29, 1.82) is 0 Å². The molecule has 5 nitrogen and oxygen atoms in total. The van der Waals surface area contributed by atoms with Gasteiger partial charge >= 0.3 is 5.97 Å². The van der Waals surface area contributed by atoms with Crippen LogP contribution in [-0.2, 0) is 9.59 Å². The van der Waals surface area contributed by atoms with Gasteiger partial charge in [-0.1, -0.05) is 33.6 Å². The molecule has 0 bridgehead atoms.